The number of fused-ring (bicyclic) bond motifs is 1. The smallest absolute Gasteiger partial charge is 0.178 e. The molecule has 4 aromatic rings. The minimum Gasteiger partial charge on any atom is -0.457 e. The van der Waals surface area contributed by atoms with Gasteiger partial charge in [0, 0.05) is 26.8 Å². The predicted octanol–water partition coefficient (Wildman–Crippen LogP) is 6.23. The van der Waals surface area contributed by atoms with E-state index in [1.807, 2.05) is 42.5 Å². The van der Waals surface area contributed by atoms with Crippen molar-refractivity contribution in [3.63, 3.8) is 0 Å². The molecule has 0 aliphatic rings. The Morgan fingerprint density at radius 2 is 1.89 bits per heavy atom. The van der Waals surface area contributed by atoms with Gasteiger partial charge in [-0.05, 0) is 46.3 Å². The summed E-state index contributed by atoms with van der Waals surface area (Å²) < 4.78 is 7.69. The highest BCUT2D eigenvalue weighted by atomic mass is 79.9. The number of nitrogens with zero attached hydrogens (tertiary/aromatic N) is 3. The summed E-state index contributed by atoms with van der Waals surface area (Å²) >= 11 is 6.79. The molecule has 8 heteroatoms. The number of aromatic amines is 1. The first-order valence-corrected chi connectivity index (χ1v) is 9.20. The summed E-state index contributed by atoms with van der Waals surface area (Å²) in [6.07, 6.45) is 3.33. The van der Waals surface area contributed by atoms with Gasteiger partial charge in [-0.15, -0.1) is 12.4 Å². The summed E-state index contributed by atoms with van der Waals surface area (Å²) in [7, 11) is 0. The number of imidazole rings is 1. The Balaban J connectivity index is 0.00000210. The highest BCUT2D eigenvalue weighted by molar-refractivity contribution is 9.10. The van der Waals surface area contributed by atoms with Gasteiger partial charge in [0.25, 0.3) is 0 Å². The van der Waals surface area contributed by atoms with E-state index in [0.717, 1.165) is 25.8 Å². The second-order valence-electron chi connectivity index (χ2n) is 5.49. The molecule has 0 spiro atoms. The van der Waals surface area contributed by atoms with Crippen LogP contribution in [0.2, 0.25) is 0 Å². The van der Waals surface area contributed by atoms with Crippen molar-refractivity contribution in [3.8, 4) is 17.4 Å². The lowest BCUT2D eigenvalue weighted by Gasteiger charge is -1.97. The summed E-state index contributed by atoms with van der Waals surface area (Å²) in [5.41, 5.74) is 2.64. The van der Waals surface area contributed by atoms with Crippen LogP contribution in [0.15, 0.2) is 62.0 Å². The molecule has 0 fully saturated rings. The number of nitriles is 1. The van der Waals surface area contributed by atoms with Crippen molar-refractivity contribution >= 4 is 67.1 Å². The van der Waals surface area contributed by atoms with Gasteiger partial charge in [-0.2, -0.15) is 5.26 Å². The number of pyridine rings is 1. The fourth-order valence-corrected chi connectivity index (χ4v) is 3.09. The van der Waals surface area contributed by atoms with Crippen LogP contribution in [-0.2, 0) is 0 Å². The third-order valence-corrected chi connectivity index (χ3v) is 4.68. The number of furan rings is 1. The maximum Gasteiger partial charge on any atom is 0.178 e. The first-order chi connectivity index (χ1) is 12.6. The number of hydrogen-bond acceptors (Lipinski definition) is 4. The molecule has 1 N–H and O–H groups in total. The standard InChI is InChI=1S/C19H10Br2N4O.ClH/c20-13-3-1-11(2-4-13)17-6-5-15(26-17)7-12(9-22)18-24-16-8-14(21)10-23-19(16)25-18;/h1-8,10H,(H,23,24,25);1H/b12-7+;. The minimum atomic E-state index is 0. The molecule has 3 heterocycles. The topological polar surface area (TPSA) is 78.5 Å². The molecule has 0 unspecified atom stereocenters. The van der Waals surface area contributed by atoms with Crippen molar-refractivity contribution in [2.75, 3.05) is 0 Å². The Hall–Kier alpha value is -2.40. The van der Waals surface area contributed by atoms with Gasteiger partial charge in [0.15, 0.2) is 11.5 Å². The molecule has 0 aliphatic carbocycles. The normalized spacial score (nSPS) is 11.2. The van der Waals surface area contributed by atoms with Crippen molar-refractivity contribution in [3.05, 3.63) is 69.2 Å². The van der Waals surface area contributed by atoms with Gasteiger partial charge in [-0.1, -0.05) is 28.1 Å². The molecule has 3 aromatic heterocycles. The summed E-state index contributed by atoms with van der Waals surface area (Å²) in [6, 6.07) is 15.6. The number of nitrogens with one attached hydrogen (secondary N) is 1. The van der Waals surface area contributed by atoms with Gasteiger partial charge in [-0.3, -0.25) is 0 Å². The Bertz CT molecular complexity index is 1170. The Morgan fingerprint density at radius 3 is 2.63 bits per heavy atom. The molecule has 27 heavy (non-hydrogen) atoms. The third kappa shape index (κ3) is 4.14. The number of allylic oxidation sites excluding steroid dienone is 1. The first kappa shape index (κ1) is 19.4. The van der Waals surface area contributed by atoms with E-state index in [2.05, 4.69) is 52.9 Å². The molecule has 0 saturated carbocycles. The minimum absolute atomic E-state index is 0. The zero-order valence-corrected chi connectivity index (χ0v) is 17.6. The van der Waals surface area contributed by atoms with E-state index in [4.69, 9.17) is 4.42 Å². The van der Waals surface area contributed by atoms with Crippen LogP contribution < -0.4 is 0 Å². The lowest BCUT2D eigenvalue weighted by atomic mass is 10.2. The molecule has 5 nitrogen and oxygen atoms in total. The average molecular weight is 507 g/mol. The van der Waals surface area contributed by atoms with Gasteiger partial charge in [0.2, 0.25) is 0 Å². The zero-order valence-electron chi connectivity index (χ0n) is 13.6. The summed E-state index contributed by atoms with van der Waals surface area (Å²) in [4.78, 5) is 11.7. The highest BCUT2D eigenvalue weighted by Gasteiger charge is 2.11. The molecule has 0 saturated heterocycles. The molecule has 0 amide bonds. The van der Waals surface area contributed by atoms with Gasteiger partial charge >= 0.3 is 0 Å². The predicted molar refractivity (Wildman–Crippen MR) is 114 cm³/mol. The van der Waals surface area contributed by atoms with Gasteiger partial charge in [-0.25, -0.2) is 9.97 Å². The second kappa shape index (κ2) is 8.09. The molecule has 134 valence electrons. The van der Waals surface area contributed by atoms with Gasteiger partial charge < -0.3 is 9.40 Å². The molecular weight excluding hydrogens is 495 g/mol. The molecule has 0 aliphatic heterocycles. The van der Waals surface area contributed by atoms with E-state index >= 15 is 0 Å². The highest BCUT2D eigenvalue weighted by Crippen LogP contribution is 2.26. The lowest BCUT2D eigenvalue weighted by Crippen LogP contribution is -1.84. The summed E-state index contributed by atoms with van der Waals surface area (Å²) in [6.45, 7) is 0. The van der Waals surface area contributed by atoms with Crippen molar-refractivity contribution in [1.82, 2.24) is 15.0 Å². The van der Waals surface area contributed by atoms with Crippen LogP contribution in [0.4, 0.5) is 0 Å². The van der Waals surface area contributed by atoms with Gasteiger partial charge in [0.1, 0.15) is 17.6 Å². The summed E-state index contributed by atoms with van der Waals surface area (Å²) in [5, 5.41) is 9.52. The first-order valence-electron chi connectivity index (χ1n) is 7.61. The number of rotatable bonds is 3. The van der Waals surface area contributed by atoms with E-state index < -0.39 is 0 Å². The van der Waals surface area contributed by atoms with Crippen LogP contribution in [0.3, 0.4) is 0 Å². The van der Waals surface area contributed by atoms with Crippen molar-refractivity contribution in [2.45, 2.75) is 0 Å². The maximum atomic E-state index is 9.52. The van der Waals surface area contributed by atoms with Gasteiger partial charge in [0.05, 0.1) is 11.1 Å². The number of aromatic nitrogens is 3. The Morgan fingerprint density at radius 1 is 1.11 bits per heavy atom. The van der Waals surface area contributed by atoms with E-state index in [1.165, 1.54) is 0 Å². The maximum absolute atomic E-state index is 9.52. The molecular formula is C19H11Br2ClN4O. The number of benzene rings is 1. The van der Waals surface area contributed by atoms with E-state index in [1.54, 1.807) is 12.3 Å². The molecule has 0 atom stereocenters. The molecule has 1 aromatic carbocycles. The molecule has 0 bridgehead atoms. The largest absolute Gasteiger partial charge is 0.457 e. The van der Waals surface area contributed by atoms with Crippen molar-refractivity contribution < 1.29 is 4.42 Å². The zero-order chi connectivity index (χ0) is 18.1. The average Bonchev–Trinajstić information content (AvgIpc) is 3.26. The molecule has 4 rings (SSSR count). The number of H-pyrrole nitrogens is 1. The van der Waals surface area contributed by atoms with Crippen molar-refractivity contribution in [2.24, 2.45) is 0 Å². The van der Waals surface area contributed by atoms with Crippen LogP contribution in [0.25, 0.3) is 34.1 Å². The third-order valence-electron chi connectivity index (χ3n) is 3.72. The quantitative estimate of drug-likeness (QED) is 0.334. The Kier molecular flexibility index (Phi) is 5.80. The van der Waals surface area contributed by atoms with E-state index in [-0.39, 0.29) is 12.4 Å². The van der Waals surface area contributed by atoms with Crippen LogP contribution in [0.1, 0.15) is 11.6 Å². The fraction of sp³-hybridized carbons (Fsp3) is 0. The van der Waals surface area contributed by atoms with Crippen LogP contribution >= 0.6 is 44.3 Å². The van der Waals surface area contributed by atoms with Crippen LogP contribution in [0.5, 0.6) is 0 Å². The van der Waals surface area contributed by atoms with Crippen molar-refractivity contribution in [1.29, 1.82) is 5.26 Å². The lowest BCUT2D eigenvalue weighted by molar-refractivity contribution is 0.572. The molecule has 0 radical (unpaired) electrons. The SMILES string of the molecule is Cl.N#C/C(=C\c1ccc(-c2ccc(Br)cc2)o1)c1nc2ncc(Br)cc2[nH]1. The van der Waals surface area contributed by atoms with Crippen LogP contribution in [0, 0.1) is 11.3 Å². The second-order valence-corrected chi connectivity index (χ2v) is 7.32. The summed E-state index contributed by atoms with van der Waals surface area (Å²) in [5.74, 6) is 1.76. The number of hydrogen-bond donors (Lipinski definition) is 1. The monoisotopic (exact) mass is 504 g/mol. The van der Waals surface area contributed by atoms with Crippen LogP contribution in [-0.4, -0.2) is 15.0 Å². The number of halogens is 3. The Labute approximate surface area is 177 Å². The van der Waals surface area contributed by atoms with E-state index in [9.17, 15) is 5.26 Å². The van der Waals surface area contributed by atoms with E-state index in [0.29, 0.717) is 22.8 Å². The fourth-order valence-electron chi connectivity index (χ4n) is 2.50.